The van der Waals surface area contributed by atoms with Crippen molar-refractivity contribution in [1.82, 2.24) is 5.32 Å². The van der Waals surface area contributed by atoms with E-state index in [-0.39, 0.29) is 0 Å². The fourth-order valence-corrected chi connectivity index (χ4v) is 2.25. The Labute approximate surface area is 81.7 Å². The number of hydrogen-bond acceptors (Lipinski definition) is 2. The second kappa shape index (κ2) is 5.87. The van der Waals surface area contributed by atoms with Crippen molar-refractivity contribution in [2.24, 2.45) is 0 Å². The molecule has 0 spiro atoms. The minimum Gasteiger partial charge on any atom is -0.313 e. The van der Waals surface area contributed by atoms with Crippen LogP contribution in [0.1, 0.15) is 45.4 Å². The lowest BCUT2D eigenvalue weighted by molar-refractivity contribution is 0.383. The minimum absolute atomic E-state index is 0.607. The average Bonchev–Trinajstić information content (AvgIpc) is 2.09. The van der Waals surface area contributed by atoms with Gasteiger partial charge in [0.15, 0.2) is 0 Å². The van der Waals surface area contributed by atoms with E-state index in [1.54, 1.807) is 0 Å². The lowest BCUT2D eigenvalue weighted by atomic mass is 9.95. The molecule has 0 aromatic carbocycles. The van der Waals surface area contributed by atoms with Gasteiger partial charge in [0, 0.05) is 11.3 Å². The van der Waals surface area contributed by atoms with Crippen LogP contribution in [0.3, 0.4) is 0 Å². The smallest absolute Gasteiger partial charge is 0.0184 e. The molecular weight excluding hydrogens is 166 g/mol. The second-order valence-electron chi connectivity index (χ2n) is 3.77. The van der Waals surface area contributed by atoms with E-state index in [4.69, 9.17) is 0 Å². The van der Waals surface area contributed by atoms with Crippen molar-refractivity contribution >= 4 is 12.6 Å². The van der Waals surface area contributed by atoms with Crippen molar-refractivity contribution in [1.29, 1.82) is 0 Å². The molecule has 1 fully saturated rings. The van der Waals surface area contributed by atoms with E-state index >= 15 is 0 Å². The molecule has 1 saturated carbocycles. The lowest BCUT2D eigenvalue weighted by Crippen LogP contribution is -2.39. The van der Waals surface area contributed by atoms with Gasteiger partial charge in [-0.25, -0.2) is 0 Å². The van der Waals surface area contributed by atoms with Crippen LogP contribution in [0.15, 0.2) is 0 Å². The Kier molecular flexibility index (Phi) is 5.08. The van der Waals surface area contributed by atoms with E-state index in [0.29, 0.717) is 11.3 Å². The number of nitrogens with one attached hydrogen (secondary N) is 1. The van der Waals surface area contributed by atoms with Gasteiger partial charge in [0.05, 0.1) is 0 Å². The first-order valence-electron chi connectivity index (χ1n) is 5.26. The maximum absolute atomic E-state index is 4.60. The van der Waals surface area contributed by atoms with Gasteiger partial charge in [-0.15, -0.1) is 0 Å². The Morgan fingerprint density at radius 1 is 1.33 bits per heavy atom. The zero-order valence-electron chi connectivity index (χ0n) is 8.05. The summed E-state index contributed by atoms with van der Waals surface area (Å²) in [5.74, 6) is 0. The van der Waals surface area contributed by atoms with Crippen molar-refractivity contribution in [3.05, 3.63) is 0 Å². The number of rotatable bonds is 4. The van der Waals surface area contributed by atoms with Crippen molar-refractivity contribution in [3.63, 3.8) is 0 Å². The van der Waals surface area contributed by atoms with Gasteiger partial charge in [0.2, 0.25) is 0 Å². The van der Waals surface area contributed by atoms with Crippen LogP contribution in [0.4, 0.5) is 0 Å². The molecule has 1 N–H and O–H groups in total. The second-order valence-corrected chi connectivity index (χ2v) is 4.43. The first kappa shape index (κ1) is 10.4. The summed E-state index contributed by atoms with van der Waals surface area (Å²) in [5, 5.41) is 4.20. The van der Waals surface area contributed by atoms with Gasteiger partial charge >= 0.3 is 0 Å². The highest BCUT2D eigenvalue weighted by molar-refractivity contribution is 7.81. The van der Waals surface area contributed by atoms with E-state index in [1.165, 1.54) is 45.1 Å². The van der Waals surface area contributed by atoms with Crippen LogP contribution >= 0.6 is 12.6 Å². The molecule has 0 aromatic heterocycles. The van der Waals surface area contributed by atoms with Crippen LogP contribution in [0, 0.1) is 0 Å². The zero-order valence-corrected chi connectivity index (χ0v) is 8.95. The van der Waals surface area contributed by atoms with E-state index < -0.39 is 0 Å². The lowest BCUT2D eigenvalue weighted by Gasteiger charge is -2.28. The molecule has 2 heteroatoms. The van der Waals surface area contributed by atoms with E-state index in [1.807, 2.05) is 0 Å². The van der Waals surface area contributed by atoms with E-state index in [9.17, 15) is 0 Å². The molecule has 1 nitrogen and oxygen atoms in total. The third-order valence-corrected chi connectivity index (χ3v) is 3.28. The highest BCUT2D eigenvalue weighted by Crippen LogP contribution is 2.22. The van der Waals surface area contributed by atoms with Crippen LogP contribution in [-0.2, 0) is 0 Å². The SMILES string of the molecule is CCCCNC1CCCCC1S. The van der Waals surface area contributed by atoms with E-state index in [0.717, 1.165) is 0 Å². The van der Waals surface area contributed by atoms with Gasteiger partial charge in [-0.1, -0.05) is 26.2 Å². The molecule has 1 aliphatic rings. The number of hydrogen-bond donors (Lipinski definition) is 2. The normalized spacial score (nSPS) is 30.5. The fraction of sp³-hybridized carbons (Fsp3) is 1.00. The zero-order chi connectivity index (χ0) is 8.81. The summed E-state index contributed by atoms with van der Waals surface area (Å²) in [6.45, 7) is 3.42. The molecular formula is C10H21NS. The van der Waals surface area contributed by atoms with Gasteiger partial charge in [-0.2, -0.15) is 12.6 Å². The van der Waals surface area contributed by atoms with Crippen molar-refractivity contribution < 1.29 is 0 Å². The predicted molar refractivity (Wildman–Crippen MR) is 57.9 cm³/mol. The van der Waals surface area contributed by atoms with Gasteiger partial charge in [-0.3, -0.25) is 0 Å². The van der Waals surface area contributed by atoms with Crippen LogP contribution in [0.2, 0.25) is 0 Å². The van der Waals surface area contributed by atoms with Crippen molar-refractivity contribution in [2.45, 2.75) is 56.7 Å². The van der Waals surface area contributed by atoms with E-state index in [2.05, 4.69) is 24.9 Å². The summed E-state index contributed by atoms with van der Waals surface area (Å²) in [6.07, 6.45) is 7.99. The molecule has 0 aromatic rings. The summed E-state index contributed by atoms with van der Waals surface area (Å²) in [5.41, 5.74) is 0. The summed E-state index contributed by atoms with van der Waals surface area (Å²) in [6, 6.07) is 0.689. The Hall–Kier alpha value is 0.310. The first-order valence-corrected chi connectivity index (χ1v) is 5.77. The van der Waals surface area contributed by atoms with Crippen LogP contribution in [-0.4, -0.2) is 17.8 Å². The summed E-state index contributed by atoms with van der Waals surface area (Å²) >= 11 is 4.60. The summed E-state index contributed by atoms with van der Waals surface area (Å²) in [4.78, 5) is 0. The fourth-order valence-electron chi connectivity index (χ4n) is 1.81. The van der Waals surface area contributed by atoms with Gasteiger partial charge < -0.3 is 5.32 Å². The van der Waals surface area contributed by atoms with Crippen molar-refractivity contribution in [2.75, 3.05) is 6.54 Å². The predicted octanol–water partition coefficient (Wildman–Crippen LogP) is 2.62. The molecule has 0 radical (unpaired) electrons. The molecule has 1 rings (SSSR count). The molecule has 0 aliphatic heterocycles. The molecule has 72 valence electrons. The average molecular weight is 187 g/mol. The van der Waals surface area contributed by atoms with Gasteiger partial charge in [0.1, 0.15) is 0 Å². The molecule has 2 atom stereocenters. The molecule has 0 saturated heterocycles. The molecule has 2 unspecified atom stereocenters. The van der Waals surface area contributed by atoms with Gasteiger partial charge in [0.25, 0.3) is 0 Å². The molecule has 0 bridgehead atoms. The highest BCUT2D eigenvalue weighted by atomic mass is 32.1. The Morgan fingerprint density at radius 2 is 2.08 bits per heavy atom. The number of thiol groups is 1. The summed E-state index contributed by atoms with van der Waals surface area (Å²) in [7, 11) is 0. The Bertz CT molecular complexity index is 116. The molecule has 1 aliphatic carbocycles. The topological polar surface area (TPSA) is 12.0 Å². The third-order valence-electron chi connectivity index (χ3n) is 2.67. The monoisotopic (exact) mass is 187 g/mol. The highest BCUT2D eigenvalue weighted by Gasteiger charge is 2.20. The molecule has 12 heavy (non-hydrogen) atoms. The van der Waals surface area contributed by atoms with Crippen LogP contribution < -0.4 is 5.32 Å². The van der Waals surface area contributed by atoms with Crippen molar-refractivity contribution in [3.8, 4) is 0 Å². The molecule has 0 heterocycles. The minimum atomic E-state index is 0.607. The third kappa shape index (κ3) is 3.36. The largest absolute Gasteiger partial charge is 0.313 e. The van der Waals surface area contributed by atoms with Crippen LogP contribution in [0.5, 0.6) is 0 Å². The Morgan fingerprint density at radius 3 is 2.75 bits per heavy atom. The number of unbranched alkanes of at least 4 members (excludes halogenated alkanes) is 1. The standard InChI is InChI=1S/C10H21NS/c1-2-3-8-11-9-6-4-5-7-10(9)12/h9-12H,2-8H2,1H3. The Balaban J connectivity index is 2.11. The van der Waals surface area contributed by atoms with Gasteiger partial charge in [-0.05, 0) is 25.8 Å². The maximum atomic E-state index is 4.60. The summed E-state index contributed by atoms with van der Waals surface area (Å²) < 4.78 is 0. The quantitative estimate of drug-likeness (QED) is 0.509. The first-order chi connectivity index (χ1) is 5.84. The molecule has 0 amide bonds. The maximum Gasteiger partial charge on any atom is 0.0184 e. The van der Waals surface area contributed by atoms with Crippen LogP contribution in [0.25, 0.3) is 0 Å².